The van der Waals surface area contributed by atoms with Gasteiger partial charge in [0.05, 0.1) is 36.5 Å². The highest BCUT2D eigenvalue weighted by Gasteiger charge is 2.35. The van der Waals surface area contributed by atoms with Crippen LogP contribution in [0, 0.1) is 29.6 Å². The number of aliphatic hydroxyl groups excluding tert-OH is 1. The fourth-order valence-electron chi connectivity index (χ4n) is 7.48. The lowest BCUT2D eigenvalue weighted by molar-refractivity contribution is -0.128. The number of nitriles is 2. The van der Waals surface area contributed by atoms with E-state index in [1.54, 1.807) is 4.90 Å². The quantitative estimate of drug-likeness (QED) is 0.344. The van der Waals surface area contributed by atoms with Gasteiger partial charge in [-0.15, -0.1) is 0 Å². The Bertz CT molecular complexity index is 1720. The molecule has 1 aromatic heterocycles. The van der Waals surface area contributed by atoms with Crippen LogP contribution in [0.3, 0.4) is 0 Å². The van der Waals surface area contributed by atoms with Gasteiger partial charge in [-0.25, -0.2) is 4.98 Å². The number of piperazine rings is 1. The molecule has 2 aromatic carbocycles. The molecule has 0 radical (unpaired) electrons. The van der Waals surface area contributed by atoms with E-state index < -0.39 is 6.10 Å². The van der Waals surface area contributed by atoms with Crippen LogP contribution in [0.5, 0.6) is 5.88 Å². The molecule has 3 aliphatic rings. The number of aliphatic hydroxyl groups is 1. The highest BCUT2D eigenvalue weighted by atomic mass is 16.5. The summed E-state index contributed by atoms with van der Waals surface area (Å²) in [6.45, 7) is 10.8. The third-order valence-corrected chi connectivity index (χ3v) is 9.75. The molecule has 0 spiro atoms. The van der Waals surface area contributed by atoms with E-state index in [-0.39, 0.29) is 30.9 Å². The average molecular weight is 634 g/mol. The van der Waals surface area contributed by atoms with Gasteiger partial charge in [0, 0.05) is 49.4 Å². The molecule has 47 heavy (non-hydrogen) atoms. The maximum atomic E-state index is 12.6. The van der Waals surface area contributed by atoms with Crippen molar-refractivity contribution in [2.75, 3.05) is 62.2 Å². The van der Waals surface area contributed by atoms with Crippen molar-refractivity contribution in [1.29, 1.82) is 10.5 Å². The van der Waals surface area contributed by atoms with Crippen LogP contribution in [-0.4, -0.2) is 90.4 Å². The number of carbonyl (C=O) groups excluding carboxylic acids is 1. The summed E-state index contributed by atoms with van der Waals surface area (Å²) in [5.74, 6) is 0.0197. The highest BCUT2D eigenvalue weighted by Crippen LogP contribution is 2.40. The Morgan fingerprint density at radius 1 is 1.11 bits per heavy atom. The van der Waals surface area contributed by atoms with E-state index in [1.165, 1.54) is 28.8 Å². The summed E-state index contributed by atoms with van der Waals surface area (Å²) in [6, 6.07) is 17.0. The predicted molar refractivity (Wildman–Crippen MR) is 182 cm³/mol. The van der Waals surface area contributed by atoms with E-state index in [1.807, 2.05) is 0 Å². The molecule has 2 saturated heterocycles. The lowest BCUT2D eigenvalue weighted by Gasteiger charge is -2.43. The number of nitrogens with zero attached hydrogens (tertiary/aromatic N) is 7. The fourth-order valence-corrected chi connectivity index (χ4v) is 7.48. The first-order valence-corrected chi connectivity index (χ1v) is 16.7. The summed E-state index contributed by atoms with van der Waals surface area (Å²) in [7, 11) is 0. The van der Waals surface area contributed by atoms with Crippen LogP contribution in [0.4, 0.5) is 11.4 Å². The number of fused-ring (bicyclic) bond motifs is 2. The molecule has 3 aromatic rings. The van der Waals surface area contributed by atoms with Gasteiger partial charge in [0.2, 0.25) is 11.8 Å². The van der Waals surface area contributed by atoms with Gasteiger partial charge >= 0.3 is 0 Å². The van der Waals surface area contributed by atoms with Crippen LogP contribution < -0.4 is 14.5 Å². The van der Waals surface area contributed by atoms with E-state index in [0.717, 1.165) is 55.1 Å². The van der Waals surface area contributed by atoms with Gasteiger partial charge in [0.15, 0.2) is 0 Å². The van der Waals surface area contributed by atoms with E-state index >= 15 is 0 Å². The van der Waals surface area contributed by atoms with E-state index in [4.69, 9.17) is 9.72 Å². The number of benzene rings is 2. The molecule has 10 heteroatoms. The Kier molecular flexibility index (Phi) is 9.91. The molecule has 10 nitrogen and oxygen atoms in total. The number of rotatable bonds is 9. The van der Waals surface area contributed by atoms with Crippen LogP contribution >= 0.6 is 0 Å². The first kappa shape index (κ1) is 32.3. The molecule has 4 heterocycles. The summed E-state index contributed by atoms with van der Waals surface area (Å²) in [4.78, 5) is 26.1. The standard InChI is InChI=1S/C37H43N7O3/c1-3-34(46)44-20-19-43(22-28(44)13-15-38)36-30-14-18-42(33-12-8-11-27-10-7-9-26(2)35(27)33)24-32(30)40-37(31(36)21-39)47-25-29(45)23-41-16-5-4-6-17-41/h3,7-12,28-29,45H,1,4-6,13-14,16-20,22-25H2,2H3/t28-,29?/m0/s1. The van der Waals surface area contributed by atoms with Crippen molar-refractivity contribution in [2.45, 2.75) is 57.7 Å². The van der Waals surface area contributed by atoms with Crippen molar-refractivity contribution in [3.8, 4) is 18.0 Å². The molecule has 1 N–H and O–H groups in total. The zero-order chi connectivity index (χ0) is 32.9. The second-order valence-electron chi connectivity index (χ2n) is 12.8. The van der Waals surface area contributed by atoms with Crippen molar-refractivity contribution < 1.29 is 14.6 Å². The van der Waals surface area contributed by atoms with Crippen LogP contribution in [0.15, 0.2) is 49.1 Å². The molecule has 0 bridgehead atoms. The van der Waals surface area contributed by atoms with Crippen molar-refractivity contribution in [3.05, 3.63) is 71.4 Å². The number of pyridine rings is 1. The third-order valence-electron chi connectivity index (χ3n) is 9.75. The summed E-state index contributed by atoms with van der Waals surface area (Å²) >= 11 is 0. The number of carbonyl (C=O) groups is 1. The minimum Gasteiger partial charge on any atom is -0.474 e. The number of likely N-dealkylation sites (tertiary alicyclic amines) is 1. The number of aromatic nitrogens is 1. The summed E-state index contributed by atoms with van der Waals surface area (Å²) in [6.07, 6.45) is 4.90. The van der Waals surface area contributed by atoms with E-state index in [9.17, 15) is 20.4 Å². The third kappa shape index (κ3) is 6.76. The molecule has 6 rings (SSSR count). The molecular formula is C37H43N7O3. The number of amides is 1. The number of β-amino-alcohol motifs (C(OH)–C–C–N with tert-alkyl or cyclic N) is 1. The number of piperidine rings is 1. The number of ether oxygens (including phenoxy) is 1. The molecular weight excluding hydrogens is 590 g/mol. The second kappa shape index (κ2) is 14.4. The largest absolute Gasteiger partial charge is 0.474 e. The zero-order valence-electron chi connectivity index (χ0n) is 27.2. The maximum Gasteiger partial charge on any atom is 0.246 e. The van der Waals surface area contributed by atoms with Crippen molar-refractivity contribution in [1.82, 2.24) is 14.8 Å². The number of anilines is 2. The van der Waals surface area contributed by atoms with Crippen molar-refractivity contribution >= 4 is 28.1 Å². The molecule has 2 fully saturated rings. The van der Waals surface area contributed by atoms with Gasteiger partial charge in [-0.05, 0) is 62.4 Å². The van der Waals surface area contributed by atoms with Gasteiger partial charge in [-0.3, -0.25) is 4.79 Å². The first-order chi connectivity index (χ1) is 22.9. The SMILES string of the molecule is C=CC(=O)N1CCN(c2c(C#N)c(OCC(O)CN3CCCCC3)nc3c2CCN(c2cccc4cccc(C)c24)C3)C[C@@H]1CC#N. The summed E-state index contributed by atoms with van der Waals surface area (Å²) in [5.41, 5.74) is 5.28. The Morgan fingerprint density at radius 3 is 2.64 bits per heavy atom. The van der Waals surface area contributed by atoms with Gasteiger partial charge in [-0.2, -0.15) is 10.5 Å². The number of aryl methyl sites for hydroxylation is 1. The van der Waals surface area contributed by atoms with Gasteiger partial charge < -0.3 is 29.4 Å². The predicted octanol–water partition coefficient (Wildman–Crippen LogP) is 4.32. The molecule has 1 amide bonds. The Labute approximate surface area is 277 Å². The molecule has 2 atom stereocenters. The van der Waals surface area contributed by atoms with E-state index in [0.29, 0.717) is 44.7 Å². The Hall–Kier alpha value is -4.64. The fraction of sp³-hybridized carbons (Fsp3) is 0.459. The summed E-state index contributed by atoms with van der Waals surface area (Å²) in [5, 5.41) is 33.5. The first-order valence-electron chi connectivity index (χ1n) is 16.7. The zero-order valence-corrected chi connectivity index (χ0v) is 27.2. The topological polar surface area (TPSA) is 120 Å². The van der Waals surface area contributed by atoms with Crippen LogP contribution in [0.1, 0.15) is 48.1 Å². The van der Waals surface area contributed by atoms with Crippen molar-refractivity contribution in [2.24, 2.45) is 0 Å². The monoisotopic (exact) mass is 633 g/mol. The van der Waals surface area contributed by atoms with E-state index in [2.05, 4.69) is 76.7 Å². The molecule has 0 aliphatic carbocycles. The van der Waals surface area contributed by atoms with Gasteiger partial charge in [-0.1, -0.05) is 43.3 Å². The van der Waals surface area contributed by atoms with Crippen LogP contribution in [-0.2, 0) is 17.8 Å². The average Bonchev–Trinajstić information content (AvgIpc) is 3.10. The van der Waals surface area contributed by atoms with Crippen molar-refractivity contribution in [3.63, 3.8) is 0 Å². The lowest BCUT2D eigenvalue weighted by Crippen LogP contribution is -2.55. The lowest BCUT2D eigenvalue weighted by atomic mass is 9.95. The summed E-state index contributed by atoms with van der Waals surface area (Å²) < 4.78 is 6.22. The van der Waals surface area contributed by atoms with Crippen LogP contribution in [0.25, 0.3) is 10.8 Å². The smallest absolute Gasteiger partial charge is 0.246 e. The van der Waals surface area contributed by atoms with Crippen LogP contribution in [0.2, 0.25) is 0 Å². The molecule has 3 aliphatic heterocycles. The molecule has 244 valence electrons. The molecule has 0 saturated carbocycles. The highest BCUT2D eigenvalue weighted by molar-refractivity contribution is 5.97. The normalized spacial score (nSPS) is 19.1. The van der Waals surface area contributed by atoms with Gasteiger partial charge in [0.1, 0.15) is 24.3 Å². The minimum absolute atomic E-state index is 0.0291. The minimum atomic E-state index is -0.718. The number of hydrogen-bond acceptors (Lipinski definition) is 9. The molecule has 1 unspecified atom stereocenters. The van der Waals surface area contributed by atoms with Gasteiger partial charge in [0.25, 0.3) is 0 Å². The Balaban J connectivity index is 1.36. The second-order valence-corrected chi connectivity index (χ2v) is 12.8. The Morgan fingerprint density at radius 2 is 1.89 bits per heavy atom. The maximum absolute atomic E-state index is 12.6. The number of hydrogen-bond donors (Lipinski definition) is 1.